The average molecular weight is 234 g/mol. The minimum absolute atomic E-state index is 0.463. The van der Waals surface area contributed by atoms with Crippen molar-refractivity contribution in [3.63, 3.8) is 0 Å². The van der Waals surface area contributed by atoms with Gasteiger partial charge in [-0.05, 0) is 31.7 Å². The van der Waals surface area contributed by atoms with E-state index in [0.29, 0.717) is 6.04 Å². The molecule has 2 saturated carbocycles. The van der Waals surface area contributed by atoms with Crippen molar-refractivity contribution in [1.29, 1.82) is 0 Å². The van der Waals surface area contributed by atoms with E-state index in [1.807, 2.05) is 0 Å². The molecule has 0 spiro atoms. The van der Waals surface area contributed by atoms with Gasteiger partial charge in [-0.15, -0.1) is 0 Å². The van der Waals surface area contributed by atoms with Crippen molar-refractivity contribution in [3.8, 4) is 0 Å². The van der Waals surface area contributed by atoms with E-state index in [0.717, 1.165) is 25.0 Å². The Hall–Kier alpha value is -0.830. The van der Waals surface area contributed by atoms with Crippen molar-refractivity contribution in [1.82, 2.24) is 9.78 Å². The maximum absolute atomic E-state index is 10.4. The Morgan fingerprint density at radius 2 is 1.94 bits per heavy atom. The molecule has 1 heterocycles. The lowest BCUT2D eigenvalue weighted by Gasteiger charge is -2.20. The van der Waals surface area contributed by atoms with Gasteiger partial charge in [0.15, 0.2) is 0 Å². The molecule has 3 heteroatoms. The Kier molecular flexibility index (Phi) is 2.95. The summed E-state index contributed by atoms with van der Waals surface area (Å²) in [5.74, 6) is 0. The fraction of sp³-hybridized carbons (Fsp3) is 0.786. The zero-order valence-electron chi connectivity index (χ0n) is 10.4. The predicted octanol–water partition coefficient (Wildman–Crippen LogP) is 2.85. The lowest BCUT2D eigenvalue weighted by Crippen LogP contribution is -2.27. The molecule has 0 atom stereocenters. The highest BCUT2D eigenvalue weighted by Crippen LogP contribution is 2.33. The molecular weight excluding hydrogens is 212 g/mol. The first-order valence-electron chi connectivity index (χ1n) is 7.02. The number of hydrogen-bond donors (Lipinski definition) is 1. The molecule has 1 aromatic heterocycles. The van der Waals surface area contributed by atoms with Crippen LogP contribution in [0.3, 0.4) is 0 Å². The largest absolute Gasteiger partial charge is 0.389 e. The highest BCUT2D eigenvalue weighted by molar-refractivity contribution is 5.06. The Bertz CT molecular complexity index is 373. The summed E-state index contributed by atoms with van der Waals surface area (Å²) < 4.78 is 2.13. The molecule has 94 valence electrons. The maximum atomic E-state index is 10.4. The summed E-state index contributed by atoms with van der Waals surface area (Å²) in [5, 5.41) is 15.0. The molecule has 17 heavy (non-hydrogen) atoms. The van der Waals surface area contributed by atoms with Crippen LogP contribution in [0.15, 0.2) is 12.3 Å². The second kappa shape index (κ2) is 4.45. The summed E-state index contributed by atoms with van der Waals surface area (Å²) in [6.07, 6.45) is 12.3. The van der Waals surface area contributed by atoms with Crippen molar-refractivity contribution < 1.29 is 5.11 Å². The smallest absolute Gasteiger partial charge is 0.0703 e. The Balaban J connectivity index is 1.67. The standard InChI is InChI=1S/C14H22N2O/c17-14(8-3-4-9-14)11-12-7-10-16(15-12)13-5-1-2-6-13/h7,10,13,17H,1-6,8-9,11H2. The lowest BCUT2D eigenvalue weighted by molar-refractivity contribution is 0.0470. The van der Waals surface area contributed by atoms with Crippen molar-refractivity contribution >= 4 is 0 Å². The van der Waals surface area contributed by atoms with E-state index in [1.165, 1.54) is 38.5 Å². The van der Waals surface area contributed by atoms with Crippen molar-refractivity contribution in [2.45, 2.75) is 69.4 Å². The SMILES string of the molecule is OC1(Cc2ccn(C3CCCC3)n2)CCCC1. The van der Waals surface area contributed by atoms with Crippen LogP contribution in [0, 0.1) is 0 Å². The predicted molar refractivity (Wildman–Crippen MR) is 66.9 cm³/mol. The molecule has 0 aromatic carbocycles. The van der Waals surface area contributed by atoms with Crippen LogP contribution in [-0.4, -0.2) is 20.5 Å². The molecule has 3 nitrogen and oxygen atoms in total. The van der Waals surface area contributed by atoms with Crippen molar-refractivity contribution in [2.24, 2.45) is 0 Å². The van der Waals surface area contributed by atoms with Gasteiger partial charge in [0, 0.05) is 12.6 Å². The molecule has 0 unspecified atom stereocenters. The van der Waals surface area contributed by atoms with Crippen LogP contribution in [0.25, 0.3) is 0 Å². The summed E-state index contributed by atoms with van der Waals surface area (Å²) in [4.78, 5) is 0. The fourth-order valence-electron chi connectivity index (χ4n) is 3.39. The molecule has 2 fully saturated rings. The summed E-state index contributed by atoms with van der Waals surface area (Å²) >= 11 is 0. The van der Waals surface area contributed by atoms with E-state index in [4.69, 9.17) is 0 Å². The van der Waals surface area contributed by atoms with Gasteiger partial charge in [-0.2, -0.15) is 5.10 Å². The van der Waals surface area contributed by atoms with Gasteiger partial charge in [0.1, 0.15) is 0 Å². The van der Waals surface area contributed by atoms with E-state index in [-0.39, 0.29) is 0 Å². The molecule has 3 rings (SSSR count). The number of hydrogen-bond acceptors (Lipinski definition) is 2. The zero-order chi connectivity index (χ0) is 11.7. The minimum Gasteiger partial charge on any atom is -0.389 e. The highest BCUT2D eigenvalue weighted by atomic mass is 16.3. The summed E-state index contributed by atoms with van der Waals surface area (Å²) in [6.45, 7) is 0. The van der Waals surface area contributed by atoms with Crippen LogP contribution in [0.5, 0.6) is 0 Å². The number of aliphatic hydroxyl groups is 1. The highest BCUT2D eigenvalue weighted by Gasteiger charge is 2.32. The molecule has 2 aliphatic carbocycles. The first-order valence-corrected chi connectivity index (χ1v) is 7.02. The van der Waals surface area contributed by atoms with Crippen LogP contribution < -0.4 is 0 Å². The Morgan fingerprint density at radius 1 is 1.24 bits per heavy atom. The van der Waals surface area contributed by atoms with Crippen molar-refractivity contribution in [2.75, 3.05) is 0 Å². The molecular formula is C14H22N2O. The van der Waals surface area contributed by atoms with E-state index in [1.54, 1.807) is 0 Å². The van der Waals surface area contributed by atoms with Gasteiger partial charge in [0.2, 0.25) is 0 Å². The topological polar surface area (TPSA) is 38.0 Å². The summed E-state index contributed by atoms with van der Waals surface area (Å²) in [6, 6.07) is 2.70. The molecule has 1 aromatic rings. The van der Waals surface area contributed by atoms with Gasteiger partial charge in [-0.25, -0.2) is 0 Å². The molecule has 0 amide bonds. The third kappa shape index (κ3) is 2.39. The molecule has 1 N–H and O–H groups in total. The normalized spacial score (nSPS) is 24.5. The summed E-state index contributed by atoms with van der Waals surface area (Å²) in [5.41, 5.74) is 0.607. The minimum atomic E-state index is -0.463. The van der Waals surface area contributed by atoms with E-state index in [9.17, 15) is 5.11 Å². The van der Waals surface area contributed by atoms with Crippen LogP contribution in [-0.2, 0) is 6.42 Å². The van der Waals surface area contributed by atoms with E-state index < -0.39 is 5.60 Å². The number of aromatic nitrogens is 2. The van der Waals surface area contributed by atoms with E-state index >= 15 is 0 Å². The van der Waals surface area contributed by atoms with Gasteiger partial charge in [-0.3, -0.25) is 4.68 Å². The fourth-order valence-corrected chi connectivity index (χ4v) is 3.39. The Labute approximate surface area is 103 Å². The van der Waals surface area contributed by atoms with E-state index in [2.05, 4.69) is 22.0 Å². The maximum Gasteiger partial charge on any atom is 0.0703 e. The second-order valence-corrected chi connectivity index (χ2v) is 5.83. The first kappa shape index (κ1) is 11.3. The van der Waals surface area contributed by atoms with Crippen LogP contribution in [0.1, 0.15) is 63.1 Å². The Morgan fingerprint density at radius 3 is 2.65 bits per heavy atom. The third-order valence-electron chi connectivity index (χ3n) is 4.41. The van der Waals surface area contributed by atoms with Crippen LogP contribution in [0.2, 0.25) is 0 Å². The zero-order valence-corrected chi connectivity index (χ0v) is 10.4. The van der Waals surface area contributed by atoms with Crippen molar-refractivity contribution in [3.05, 3.63) is 18.0 Å². The van der Waals surface area contributed by atoms with Crippen LogP contribution >= 0.6 is 0 Å². The van der Waals surface area contributed by atoms with Gasteiger partial charge in [0.25, 0.3) is 0 Å². The third-order valence-corrected chi connectivity index (χ3v) is 4.41. The molecule has 2 aliphatic rings. The van der Waals surface area contributed by atoms with Gasteiger partial charge in [-0.1, -0.05) is 25.7 Å². The van der Waals surface area contributed by atoms with Crippen LogP contribution in [0.4, 0.5) is 0 Å². The molecule has 0 aliphatic heterocycles. The average Bonchev–Trinajstić information content (AvgIpc) is 2.98. The number of rotatable bonds is 3. The van der Waals surface area contributed by atoms with Gasteiger partial charge >= 0.3 is 0 Å². The molecule has 0 saturated heterocycles. The monoisotopic (exact) mass is 234 g/mol. The molecule has 0 bridgehead atoms. The van der Waals surface area contributed by atoms with Gasteiger partial charge < -0.3 is 5.11 Å². The molecule has 0 radical (unpaired) electrons. The van der Waals surface area contributed by atoms with Gasteiger partial charge in [0.05, 0.1) is 17.3 Å². The number of nitrogens with zero attached hydrogens (tertiary/aromatic N) is 2. The second-order valence-electron chi connectivity index (χ2n) is 5.83. The lowest BCUT2D eigenvalue weighted by atomic mass is 9.96. The summed E-state index contributed by atoms with van der Waals surface area (Å²) in [7, 11) is 0. The first-order chi connectivity index (χ1) is 8.25. The quantitative estimate of drug-likeness (QED) is 0.873.